The highest BCUT2D eigenvalue weighted by Crippen LogP contribution is 2.40. The van der Waals surface area contributed by atoms with Gasteiger partial charge in [-0.15, -0.1) is 0 Å². The van der Waals surface area contributed by atoms with Crippen LogP contribution in [0, 0.1) is 5.41 Å². The predicted octanol–water partition coefficient (Wildman–Crippen LogP) is 2.09. The molecule has 6 nitrogen and oxygen atoms in total. The van der Waals surface area contributed by atoms with Crippen molar-refractivity contribution in [3.05, 3.63) is 0 Å². The first kappa shape index (κ1) is 17.1. The fraction of sp³-hybridized carbons (Fsp3) is 0.895. The van der Waals surface area contributed by atoms with Gasteiger partial charge in [0.1, 0.15) is 0 Å². The van der Waals surface area contributed by atoms with Crippen LogP contribution >= 0.6 is 0 Å². The zero-order valence-electron chi connectivity index (χ0n) is 15.3. The third-order valence-electron chi connectivity index (χ3n) is 6.67. The minimum Gasteiger partial charge on any atom is -0.376 e. The standard InChI is InChI=1S/C19H31N3O3/c23-17-5-6-19(15-22(17)14-16-4-3-13-25-16)7-11-21(12-8-19)18(24)20-9-1-2-10-20/h16H,1-15H2. The number of carbonyl (C=O) groups excluding carboxylic acids is 2. The van der Waals surface area contributed by atoms with Gasteiger partial charge >= 0.3 is 6.03 Å². The van der Waals surface area contributed by atoms with Crippen LogP contribution in [0.2, 0.25) is 0 Å². The maximum atomic E-state index is 12.6. The van der Waals surface area contributed by atoms with Gasteiger partial charge in [-0.05, 0) is 50.4 Å². The van der Waals surface area contributed by atoms with Crippen LogP contribution in [-0.2, 0) is 9.53 Å². The van der Waals surface area contributed by atoms with Crippen LogP contribution in [0.5, 0.6) is 0 Å². The summed E-state index contributed by atoms with van der Waals surface area (Å²) in [7, 11) is 0. The van der Waals surface area contributed by atoms with Crippen LogP contribution in [0.3, 0.4) is 0 Å². The third kappa shape index (κ3) is 3.64. The molecule has 0 N–H and O–H groups in total. The zero-order chi connectivity index (χ0) is 17.3. The highest BCUT2D eigenvalue weighted by molar-refractivity contribution is 5.77. The Balaban J connectivity index is 1.33. The van der Waals surface area contributed by atoms with Crippen molar-refractivity contribution >= 4 is 11.9 Å². The first-order valence-electron chi connectivity index (χ1n) is 10.1. The fourth-order valence-corrected chi connectivity index (χ4v) is 4.99. The fourth-order valence-electron chi connectivity index (χ4n) is 4.99. The lowest BCUT2D eigenvalue weighted by Crippen LogP contribution is -2.54. The van der Waals surface area contributed by atoms with E-state index in [-0.39, 0.29) is 23.5 Å². The number of amides is 3. The summed E-state index contributed by atoms with van der Waals surface area (Å²) in [5.41, 5.74) is 0.217. The maximum absolute atomic E-state index is 12.6. The molecule has 0 aliphatic carbocycles. The average molecular weight is 349 g/mol. The number of hydrogen-bond acceptors (Lipinski definition) is 3. The molecule has 4 fully saturated rings. The summed E-state index contributed by atoms with van der Waals surface area (Å²) < 4.78 is 5.73. The van der Waals surface area contributed by atoms with Gasteiger partial charge in [0.05, 0.1) is 6.10 Å². The van der Waals surface area contributed by atoms with E-state index in [9.17, 15) is 9.59 Å². The second-order valence-corrected chi connectivity index (χ2v) is 8.37. The van der Waals surface area contributed by atoms with Gasteiger partial charge in [-0.3, -0.25) is 4.79 Å². The average Bonchev–Trinajstić information content (AvgIpc) is 3.32. The van der Waals surface area contributed by atoms with Gasteiger partial charge in [0.25, 0.3) is 0 Å². The number of nitrogens with zero attached hydrogens (tertiary/aromatic N) is 3. The molecule has 3 amide bonds. The van der Waals surface area contributed by atoms with Crippen LogP contribution in [0.1, 0.15) is 51.4 Å². The molecule has 1 unspecified atom stereocenters. The van der Waals surface area contributed by atoms with E-state index in [0.717, 1.165) is 90.8 Å². The van der Waals surface area contributed by atoms with Gasteiger partial charge in [-0.1, -0.05) is 0 Å². The third-order valence-corrected chi connectivity index (χ3v) is 6.67. The van der Waals surface area contributed by atoms with Crippen LogP contribution < -0.4 is 0 Å². The lowest BCUT2D eigenvalue weighted by molar-refractivity contribution is -0.141. The molecular weight excluding hydrogens is 318 g/mol. The van der Waals surface area contributed by atoms with Crippen molar-refractivity contribution in [2.75, 3.05) is 45.9 Å². The van der Waals surface area contributed by atoms with E-state index in [1.807, 2.05) is 9.80 Å². The van der Waals surface area contributed by atoms with Crippen molar-refractivity contribution in [3.63, 3.8) is 0 Å². The van der Waals surface area contributed by atoms with Crippen LogP contribution in [-0.4, -0.2) is 78.6 Å². The number of hydrogen-bond donors (Lipinski definition) is 0. The maximum Gasteiger partial charge on any atom is 0.319 e. The molecule has 0 aromatic carbocycles. The zero-order valence-corrected chi connectivity index (χ0v) is 15.3. The second-order valence-electron chi connectivity index (χ2n) is 8.37. The summed E-state index contributed by atoms with van der Waals surface area (Å²) in [6, 6.07) is 0.232. The number of likely N-dealkylation sites (tertiary alicyclic amines) is 3. The Bertz CT molecular complexity index is 504. The van der Waals surface area contributed by atoms with E-state index in [1.165, 1.54) is 0 Å². The number of rotatable bonds is 2. The number of urea groups is 1. The second kappa shape index (κ2) is 7.14. The van der Waals surface area contributed by atoms with Crippen molar-refractivity contribution in [2.24, 2.45) is 5.41 Å². The molecule has 1 atom stereocenters. The molecule has 4 saturated heterocycles. The molecule has 0 aromatic heterocycles. The summed E-state index contributed by atoms with van der Waals surface area (Å²) in [6.45, 7) is 5.99. The SMILES string of the molecule is O=C1CCC2(CCN(C(=O)N3CCCC3)CC2)CN1CC1CCCO1. The Hall–Kier alpha value is -1.30. The van der Waals surface area contributed by atoms with Gasteiger partial charge in [0.15, 0.2) is 0 Å². The highest BCUT2D eigenvalue weighted by Gasteiger charge is 2.42. The van der Waals surface area contributed by atoms with Crippen LogP contribution in [0.15, 0.2) is 0 Å². The van der Waals surface area contributed by atoms with Crippen LogP contribution in [0.4, 0.5) is 4.79 Å². The van der Waals surface area contributed by atoms with E-state index < -0.39 is 0 Å². The first-order chi connectivity index (χ1) is 12.2. The normalized spacial score (nSPS) is 29.7. The quantitative estimate of drug-likeness (QED) is 0.767. The minimum absolute atomic E-state index is 0.217. The molecule has 4 aliphatic rings. The van der Waals surface area contributed by atoms with E-state index >= 15 is 0 Å². The Kier molecular flexibility index (Phi) is 4.89. The van der Waals surface area contributed by atoms with Crippen molar-refractivity contribution in [1.82, 2.24) is 14.7 Å². The molecule has 4 rings (SSSR count). The summed E-state index contributed by atoms with van der Waals surface area (Å²) in [6.07, 6.45) is 8.42. The Labute approximate surface area is 150 Å². The molecule has 4 aliphatic heterocycles. The molecular formula is C19H31N3O3. The van der Waals surface area contributed by atoms with E-state index in [1.54, 1.807) is 0 Å². The highest BCUT2D eigenvalue weighted by atomic mass is 16.5. The molecule has 6 heteroatoms. The lowest BCUT2D eigenvalue weighted by Gasteiger charge is -2.48. The number of carbonyl (C=O) groups is 2. The van der Waals surface area contributed by atoms with E-state index in [2.05, 4.69) is 4.90 Å². The topological polar surface area (TPSA) is 53.1 Å². The van der Waals surface area contributed by atoms with Crippen molar-refractivity contribution in [3.8, 4) is 0 Å². The molecule has 0 saturated carbocycles. The van der Waals surface area contributed by atoms with Gasteiger partial charge in [-0.2, -0.15) is 0 Å². The van der Waals surface area contributed by atoms with E-state index in [4.69, 9.17) is 4.74 Å². The molecule has 0 radical (unpaired) electrons. The lowest BCUT2D eigenvalue weighted by atomic mass is 9.72. The summed E-state index contributed by atoms with van der Waals surface area (Å²) >= 11 is 0. The Morgan fingerprint density at radius 1 is 1.04 bits per heavy atom. The van der Waals surface area contributed by atoms with Gasteiger partial charge in [-0.25, -0.2) is 4.79 Å². The summed E-state index contributed by atoms with van der Waals surface area (Å²) in [5.74, 6) is 0.289. The number of piperidine rings is 2. The molecule has 0 bridgehead atoms. The molecule has 1 spiro atoms. The Morgan fingerprint density at radius 2 is 1.76 bits per heavy atom. The molecule has 0 aromatic rings. The largest absolute Gasteiger partial charge is 0.376 e. The van der Waals surface area contributed by atoms with Crippen molar-refractivity contribution < 1.29 is 14.3 Å². The van der Waals surface area contributed by atoms with Gasteiger partial charge in [0, 0.05) is 52.3 Å². The molecule has 25 heavy (non-hydrogen) atoms. The summed E-state index contributed by atoms with van der Waals surface area (Å²) in [4.78, 5) is 31.0. The van der Waals surface area contributed by atoms with Crippen LogP contribution in [0.25, 0.3) is 0 Å². The van der Waals surface area contributed by atoms with E-state index in [0.29, 0.717) is 6.42 Å². The Morgan fingerprint density at radius 3 is 2.44 bits per heavy atom. The van der Waals surface area contributed by atoms with Crippen molar-refractivity contribution in [1.29, 1.82) is 0 Å². The predicted molar refractivity (Wildman–Crippen MR) is 94.2 cm³/mol. The smallest absolute Gasteiger partial charge is 0.319 e. The summed E-state index contributed by atoms with van der Waals surface area (Å²) in [5, 5.41) is 0. The molecule has 140 valence electrons. The molecule has 4 heterocycles. The number of ether oxygens (including phenoxy) is 1. The van der Waals surface area contributed by atoms with Crippen molar-refractivity contribution in [2.45, 2.75) is 57.5 Å². The monoisotopic (exact) mass is 349 g/mol. The first-order valence-corrected chi connectivity index (χ1v) is 10.1. The minimum atomic E-state index is 0.217. The van der Waals surface area contributed by atoms with Gasteiger partial charge < -0.3 is 19.4 Å². The van der Waals surface area contributed by atoms with Gasteiger partial charge in [0.2, 0.25) is 5.91 Å².